The number of nitrogens with zero attached hydrogens (tertiary/aromatic N) is 1. The number of hydrogen-bond acceptors (Lipinski definition) is 5. The van der Waals surface area contributed by atoms with Crippen LogP contribution in [0.1, 0.15) is 5.56 Å². The second kappa shape index (κ2) is 6.37. The summed E-state index contributed by atoms with van der Waals surface area (Å²) in [6.45, 7) is -0.246. The fourth-order valence-electron chi connectivity index (χ4n) is 1.13. The van der Waals surface area contributed by atoms with E-state index in [9.17, 15) is 4.79 Å². The van der Waals surface area contributed by atoms with Gasteiger partial charge in [-0.3, -0.25) is 4.79 Å². The van der Waals surface area contributed by atoms with Gasteiger partial charge in [-0.1, -0.05) is 5.16 Å². The fraction of sp³-hybridized carbons (Fsp3) is 0.273. The van der Waals surface area contributed by atoms with Crippen molar-refractivity contribution in [2.45, 2.75) is 0 Å². The molecule has 0 aromatic heterocycles. The molecule has 0 unspecified atom stereocenters. The maximum atomic E-state index is 10.4. The molecule has 1 amide bonds. The SMILES string of the molecule is COc1ccc(/C=N\OCC(N)=O)cc1OC. The molecule has 1 aromatic carbocycles. The van der Waals surface area contributed by atoms with Crippen LogP contribution < -0.4 is 15.2 Å². The van der Waals surface area contributed by atoms with Gasteiger partial charge in [0, 0.05) is 5.56 Å². The van der Waals surface area contributed by atoms with E-state index in [-0.39, 0.29) is 6.61 Å². The highest BCUT2D eigenvalue weighted by molar-refractivity contribution is 5.80. The number of benzene rings is 1. The van der Waals surface area contributed by atoms with E-state index in [1.54, 1.807) is 32.4 Å². The van der Waals surface area contributed by atoms with E-state index in [2.05, 4.69) is 9.99 Å². The summed E-state index contributed by atoms with van der Waals surface area (Å²) in [5, 5.41) is 3.59. The second-order valence-corrected chi connectivity index (χ2v) is 3.09. The van der Waals surface area contributed by atoms with Crippen LogP contribution >= 0.6 is 0 Å². The van der Waals surface area contributed by atoms with Crippen molar-refractivity contribution >= 4 is 12.1 Å². The molecule has 0 heterocycles. The van der Waals surface area contributed by atoms with Gasteiger partial charge >= 0.3 is 0 Å². The Morgan fingerprint density at radius 2 is 2.06 bits per heavy atom. The van der Waals surface area contributed by atoms with Crippen LogP contribution in [0.5, 0.6) is 11.5 Å². The van der Waals surface area contributed by atoms with E-state index < -0.39 is 5.91 Å². The molecule has 0 aliphatic heterocycles. The molecule has 0 bridgehead atoms. The topological polar surface area (TPSA) is 83.1 Å². The molecule has 0 saturated heterocycles. The van der Waals surface area contributed by atoms with Crippen molar-refractivity contribution in [3.63, 3.8) is 0 Å². The number of primary amides is 1. The molecule has 92 valence electrons. The van der Waals surface area contributed by atoms with Crippen LogP contribution in [0.2, 0.25) is 0 Å². The van der Waals surface area contributed by atoms with Gasteiger partial charge in [-0.15, -0.1) is 0 Å². The quantitative estimate of drug-likeness (QED) is 0.579. The fourth-order valence-corrected chi connectivity index (χ4v) is 1.13. The highest BCUT2D eigenvalue weighted by Crippen LogP contribution is 2.26. The summed E-state index contributed by atoms with van der Waals surface area (Å²) < 4.78 is 10.2. The summed E-state index contributed by atoms with van der Waals surface area (Å²) in [7, 11) is 3.10. The molecule has 0 spiro atoms. The average molecular weight is 238 g/mol. The minimum absolute atomic E-state index is 0.246. The molecule has 0 fully saturated rings. The average Bonchev–Trinajstić information content (AvgIpc) is 2.34. The summed E-state index contributed by atoms with van der Waals surface area (Å²) in [6, 6.07) is 5.25. The second-order valence-electron chi connectivity index (χ2n) is 3.09. The standard InChI is InChI=1S/C11H14N2O4/c1-15-9-4-3-8(5-10(9)16-2)6-13-17-7-11(12)14/h3-6H,7H2,1-2H3,(H2,12,14)/b13-6-. The van der Waals surface area contributed by atoms with Gasteiger partial charge in [0.15, 0.2) is 18.1 Å². The molecule has 6 heteroatoms. The number of rotatable bonds is 6. The summed E-state index contributed by atoms with van der Waals surface area (Å²) in [5.41, 5.74) is 5.64. The third-order valence-electron chi connectivity index (χ3n) is 1.89. The molecule has 17 heavy (non-hydrogen) atoms. The zero-order valence-electron chi connectivity index (χ0n) is 9.67. The Hall–Kier alpha value is -2.24. The van der Waals surface area contributed by atoms with Gasteiger partial charge in [0.1, 0.15) is 0 Å². The third kappa shape index (κ3) is 4.02. The molecule has 1 rings (SSSR count). The van der Waals surface area contributed by atoms with Crippen LogP contribution in [0.3, 0.4) is 0 Å². The number of carbonyl (C=O) groups is 1. The number of oxime groups is 1. The summed E-state index contributed by atoms with van der Waals surface area (Å²) >= 11 is 0. The molecule has 0 atom stereocenters. The van der Waals surface area contributed by atoms with Crippen molar-refractivity contribution in [1.82, 2.24) is 0 Å². The smallest absolute Gasteiger partial charge is 0.258 e. The Morgan fingerprint density at radius 3 is 2.65 bits per heavy atom. The summed E-state index contributed by atoms with van der Waals surface area (Å²) in [4.78, 5) is 15.0. The number of amides is 1. The normalized spacial score (nSPS) is 10.2. The van der Waals surface area contributed by atoms with E-state index in [0.717, 1.165) is 5.56 Å². The predicted octanol–water partition coefficient (Wildman–Crippen LogP) is 0.540. The number of methoxy groups -OCH3 is 2. The van der Waals surface area contributed by atoms with Crippen molar-refractivity contribution in [1.29, 1.82) is 0 Å². The van der Waals surface area contributed by atoms with Crippen LogP contribution in [0.4, 0.5) is 0 Å². The lowest BCUT2D eigenvalue weighted by molar-refractivity contribution is -0.122. The van der Waals surface area contributed by atoms with E-state index in [1.165, 1.54) is 6.21 Å². The highest BCUT2D eigenvalue weighted by atomic mass is 16.6. The van der Waals surface area contributed by atoms with E-state index in [0.29, 0.717) is 11.5 Å². The third-order valence-corrected chi connectivity index (χ3v) is 1.89. The molecule has 0 radical (unpaired) electrons. The Balaban J connectivity index is 2.68. The van der Waals surface area contributed by atoms with Crippen LogP contribution in [-0.2, 0) is 9.63 Å². The lowest BCUT2D eigenvalue weighted by Crippen LogP contribution is -2.16. The first-order valence-corrected chi connectivity index (χ1v) is 4.83. The first kappa shape index (κ1) is 12.8. The zero-order chi connectivity index (χ0) is 12.7. The summed E-state index contributed by atoms with van der Waals surface area (Å²) in [5.74, 6) is 0.642. The van der Waals surface area contributed by atoms with Crippen LogP contribution in [0, 0.1) is 0 Å². The van der Waals surface area contributed by atoms with Gasteiger partial charge in [-0.05, 0) is 18.2 Å². The number of ether oxygens (including phenoxy) is 2. The van der Waals surface area contributed by atoms with Crippen LogP contribution in [0.15, 0.2) is 23.4 Å². The van der Waals surface area contributed by atoms with Crippen LogP contribution in [-0.4, -0.2) is 32.9 Å². The number of nitrogens with two attached hydrogens (primary N) is 1. The Kier molecular flexibility index (Phi) is 4.80. The molecule has 1 aromatic rings. The highest BCUT2D eigenvalue weighted by Gasteiger charge is 2.02. The molecular weight excluding hydrogens is 224 g/mol. The summed E-state index contributed by atoms with van der Waals surface area (Å²) in [6.07, 6.45) is 1.45. The zero-order valence-corrected chi connectivity index (χ0v) is 9.67. The number of carbonyl (C=O) groups excluding carboxylic acids is 1. The van der Waals surface area contributed by atoms with Gasteiger partial charge in [0.05, 0.1) is 20.4 Å². The molecule has 6 nitrogen and oxygen atoms in total. The van der Waals surface area contributed by atoms with Gasteiger partial charge < -0.3 is 20.0 Å². The Bertz CT molecular complexity index is 418. The van der Waals surface area contributed by atoms with Gasteiger partial charge in [-0.25, -0.2) is 0 Å². The maximum absolute atomic E-state index is 10.4. The largest absolute Gasteiger partial charge is 0.493 e. The number of hydrogen-bond donors (Lipinski definition) is 1. The van der Waals surface area contributed by atoms with Gasteiger partial charge in [0.25, 0.3) is 5.91 Å². The van der Waals surface area contributed by atoms with Crippen molar-refractivity contribution in [2.75, 3.05) is 20.8 Å². The van der Waals surface area contributed by atoms with Crippen molar-refractivity contribution in [3.05, 3.63) is 23.8 Å². The molecule has 0 aliphatic rings. The van der Waals surface area contributed by atoms with Gasteiger partial charge in [-0.2, -0.15) is 0 Å². The van der Waals surface area contributed by atoms with Crippen molar-refractivity contribution < 1.29 is 19.1 Å². The van der Waals surface area contributed by atoms with Crippen molar-refractivity contribution in [3.8, 4) is 11.5 Å². The van der Waals surface area contributed by atoms with E-state index in [1.807, 2.05) is 0 Å². The molecule has 0 aliphatic carbocycles. The monoisotopic (exact) mass is 238 g/mol. The first-order valence-electron chi connectivity index (χ1n) is 4.83. The van der Waals surface area contributed by atoms with Gasteiger partial charge in [0.2, 0.25) is 0 Å². The Morgan fingerprint density at radius 1 is 1.35 bits per heavy atom. The minimum atomic E-state index is -0.575. The predicted molar refractivity (Wildman–Crippen MR) is 62.3 cm³/mol. The molecule has 0 saturated carbocycles. The molecule has 2 N–H and O–H groups in total. The van der Waals surface area contributed by atoms with Crippen LogP contribution in [0.25, 0.3) is 0 Å². The lowest BCUT2D eigenvalue weighted by atomic mass is 10.2. The maximum Gasteiger partial charge on any atom is 0.258 e. The Labute approximate surface area is 98.9 Å². The van der Waals surface area contributed by atoms with Crippen molar-refractivity contribution in [2.24, 2.45) is 10.9 Å². The first-order chi connectivity index (χ1) is 8.17. The lowest BCUT2D eigenvalue weighted by Gasteiger charge is -2.07. The van der Waals surface area contributed by atoms with E-state index >= 15 is 0 Å². The molecular formula is C11H14N2O4. The minimum Gasteiger partial charge on any atom is -0.493 e. The van der Waals surface area contributed by atoms with E-state index in [4.69, 9.17) is 15.2 Å².